The number of piperazine rings is 1. The van der Waals surface area contributed by atoms with Gasteiger partial charge < -0.3 is 10.2 Å². The van der Waals surface area contributed by atoms with E-state index in [0.717, 1.165) is 26.2 Å². The van der Waals surface area contributed by atoms with Crippen LogP contribution in [0.4, 0.5) is 5.69 Å². The Labute approximate surface area is 137 Å². The number of carbonyl (C=O) groups is 1. The molecular formula is C16H23N3O3S. The van der Waals surface area contributed by atoms with Crippen LogP contribution in [0, 0.1) is 0 Å². The molecule has 0 bridgehead atoms. The normalized spacial score (nSPS) is 24.5. The molecule has 2 aliphatic rings. The van der Waals surface area contributed by atoms with Crippen LogP contribution in [0.2, 0.25) is 0 Å². The van der Waals surface area contributed by atoms with E-state index >= 15 is 0 Å². The fourth-order valence-corrected chi connectivity index (χ4v) is 4.86. The second-order valence-electron chi connectivity index (χ2n) is 6.27. The first-order valence-electron chi connectivity index (χ1n) is 8.04. The average Bonchev–Trinajstić information content (AvgIpc) is 2.87. The van der Waals surface area contributed by atoms with E-state index in [-0.39, 0.29) is 23.5 Å². The standard InChI is InChI=1S/C16H23N3O3S/c20-16(17-14-6-11-23(21,22)13-14)12-18-7-9-19(10-8-18)15-4-2-1-3-5-15/h1-5,14H,6-13H2,(H,17,20)/t14-/m1/s1. The minimum absolute atomic E-state index is 0.0692. The molecule has 23 heavy (non-hydrogen) atoms. The summed E-state index contributed by atoms with van der Waals surface area (Å²) in [6.07, 6.45) is 0.538. The lowest BCUT2D eigenvalue weighted by Gasteiger charge is -2.35. The maximum absolute atomic E-state index is 12.1. The maximum atomic E-state index is 12.1. The number of nitrogens with zero attached hydrogens (tertiary/aromatic N) is 2. The third-order valence-electron chi connectivity index (χ3n) is 4.46. The van der Waals surface area contributed by atoms with E-state index < -0.39 is 9.84 Å². The van der Waals surface area contributed by atoms with Crippen LogP contribution in [0.1, 0.15) is 6.42 Å². The molecule has 1 aromatic carbocycles. The van der Waals surface area contributed by atoms with Gasteiger partial charge >= 0.3 is 0 Å². The Bertz CT molecular complexity index is 640. The smallest absolute Gasteiger partial charge is 0.234 e. The first kappa shape index (κ1) is 16.3. The molecule has 0 aromatic heterocycles. The highest BCUT2D eigenvalue weighted by atomic mass is 32.2. The van der Waals surface area contributed by atoms with Crippen LogP contribution in [0.3, 0.4) is 0 Å². The summed E-state index contributed by atoms with van der Waals surface area (Å²) in [6, 6.07) is 10.1. The van der Waals surface area contributed by atoms with Crippen molar-refractivity contribution in [3.05, 3.63) is 30.3 Å². The molecule has 2 saturated heterocycles. The lowest BCUT2D eigenvalue weighted by molar-refractivity contribution is -0.122. The van der Waals surface area contributed by atoms with Gasteiger partial charge in [0.05, 0.1) is 18.1 Å². The minimum atomic E-state index is -2.95. The molecule has 0 aliphatic carbocycles. The van der Waals surface area contributed by atoms with Crippen molar-refractivity contribution in [1.29, 1.82) is 0 Å². The van der Waals surface area contributed by atoms with E-state index in [2.05, 4.69) is 27.2 Å². The number of para-hydroxylation sites is 1. The Morgan fingerprint density at radius 2 is 1.83 bits per heavy atom. The molecule has 2 fully saturated rings. The van der Waals surface area contributed by atoms with Crippen molar-refractivity contribution in [2.75, 3.05) is 49.1 Å². The second-order valence-corrected chi connectivity index (χ2v) is 8.49. The predicted octanol–water partition coefficient (Wildman–Crippen LogP) is 0.112. The largest absolute Gasteiger partial charge is 0.369 e. The van der Waals surface area contributed by atoms with Gasteiger partial charge in [0.1, 0.15) is 0 Å². The van der Waals surface area contributed by atoms with Crippen molar-refractivity contribution in [2.24, 2.45) is 0 Å². The van der Waals surface area contributed by atoms with Gasteiger partial charge in [-0.15, -0.1) is 0 Å². The third kappa shape index (κ3) is 4.45. The molecule has 1 atom stereocenters. The zero-order valence-corrected chi connectivity index (χ0v) is 14.0. The van der Waals surface area contributed by atoms with Crippen LogP contribution in [-0.4, -0.2) is 69.5 Å². The van der Waals surface area contributed by atoms with Crippen LogP contribution in [-0.2, 0) is 14.6 Å². The second kappa shape index (κ2) is 6.88. The fraction of sp³-hybridized carbons (Fsp3) is 0.562. The molecule has 0 saturated carbocycles. The summed E-state index contributed by atoms with van der Waals surface area (Å²) >= 11 is 0. The topological polar surface area (TPSA) is 69.7 Å². The zero-order chi connectivity index (χ0) is 16.3. The molecule has 1 aromatic rings. The number of sulfone groups is 1. The molecule has 2 heterocycles. The molecule has 1 N–H and O–H groups in total. The van der Waals surface area contributed by atoms with E-state index in [9.17, 15) is 13.2 Å². The number of anilines is 1. The van der Waals surface area contributed by atoms with Gasteiger partial charge in [0, 0.05) is 37.9 Å². The third-order valence-corrected chi connectivity index (χ3v) is 6.23. The summed E-state index contributed by atoms with van der Waals surface area (Å²) in [6.45, 7) is 3.82. The van der Waals surface area contributed by atoms with E-state index in [1.807, 2.05) is 18.2 Å². The zero-order valence-electron chi connectivity index (χ0n) is 13.1. The molecule has 2 aliphatic heterocycles. The quantitative estimate of drug-likeness (QED) is 0.845. The summed E-state index contributed by atoms with van der Waals surface area (Å²) in [5.74, 6) is 0.203. The number of nitrogens with one attached hydrogen (secondary N) is 1. The molecule has 7 heteroatoms. The van der Waals surface area contributed by atoms with Crippen molar-refractivity contribution in [3.63, 3.8) is 0 Å². The van der Waals surface area contributed by atoms with Gasteiger partial charge in [-0.25, -0.2) is 8.42 Å². The maximum Gasteiger partial charge on any atom is 0.234 e. The molecule has 6 nitrogen and oxygen atoms in total. The highest BCUT2D eigenvalue weighted by Crippen LogP contribution is 2.15. The Hall–Kier alpha value is -1.60. The van der Waals surface area contributed by atoms with E-state index in [1.165, 1.54) is 5.69 Å². The number of hydrogen-bond acceptors (Lipinski definition) is 5. The van der Waals surface area contributed by atoms with Crippen LogP contribution >= 0.6 is 0 Å². The molecule has 0 unspecified atom stereocenters. The number of benzene rings is 1. The van der Waals surface area contributed by atoms with Gasteiger partial charge in [-0.05, 0) is 18.6 Å². The van der Waals surface area contributed by atoms with Gasteiger partial charge in [0.15, 0.2) is 9.84 Å². The minimum Gasteiger partial charge on any atom is -0.369 e. The summed E-state index contributed by atoms with van der Waals surface area (Å²) in [5.41, 5.74) is 1.22. The summed E-state index contributed by atoms with van der Waals surface area (Å²) < 4.78 is 22.8. The SMILES string of the molecule is O=C(CN1CCN(c2ccccc2)CC1)N[C@@H]1CCS(=O)(=O)C1. The lowest BCUT2D eigenvalue weighted by atomic mass is 10.2. The van der Waals surface area contributed by atoms with Gasteiger partial charge in [0.2, 0.25) is 5.91 Å². The Morgan fingerprint density at radius 1 is 1.13 bits per heavy atom. The van der Waals surface area contributed by atoms with Crippen LogP contribution in [0.25, 0.3) is 0 Å². The van der Waals surface area contributed by atoms with Crippen molar-refractivity contribution < 1.29 is 13.2 Å². The molecule has 3 rings (SSSR count). The summed E-state index contributed by atoms with van der Waals surface area (Å²) in [5, 5.41) is 2.85. The van der Waals surface area contributed by atoms with Gasteiger partial charge in [-0.3, -0.25) is 9.69 Å². The van der Waals surface area contributed by atoms with E-state index in [1.54, 1.807) is 0 Å². The molecule has 0 radical (unpaired) electrons. The highest BCUT2D eigenvalue weighted by Gasteiger charge is 2.29. The Balaban J connectivity index is 1.43. The molecular weight excluding hydrogens is 314 g/mol. The Morgan fingerprint density at radius 3 is 2.43 bits per heavy atom. The van der Waals surface area contributed by atoms with E-state index in [0.29, 0.717) is 13.0 Å². The molecule has 126 valence electrons. The van der Waals surface area contributed by atoms with Crippen molar-refractivity contribution in [2.45, 2.75) is 12.5 Å². The first-order valence-corrected chi connectivity index (χ1v) is 9.86. The van der Waals surface area contributed by atoms with Gasteiger partial charge in [-0.1, -0.05) is 18.2 Å². The van der Waals surface area contributed by atoms with Gasteiger partial charge in [0.25, 0.3) is 0 Å². The van der Waals surface area contributed by atoms with Gasteiger partial charge in [-0.2, -0.15) is 0 Å². The monoisotopic (exact) mass is 337 g/mol. The number of hydrogen-bond donors (Lipinski definition) is 1. The number of carbonyl (C=O) groups excluding carboxylic acids is 1. The van der Waals surface area contributed by atoms with Crippen LogP contribution in [0.5, 0.6) is 0 Å². The van der Waals surface area contributed by atoms with Crippen LogP contribution < -0.4 is 10.2 Å². The van der Waals surface area contributed by atoms with Crippen molar-refractivity contribution in [1.82, 2.24) is 10.2 Å². The lowest BCUT2D eigenvalue weighted by Crippen LogP contribution is -2.50. The molecule has 0 spiro atoms. The number of amides is 1. The Kier molecular flexibility index (Phi) is 4.87. The summed E-state index contributed by atoms with van der Waals surface area (Å²) in [4.78, 5) is 16.5. The highest BCUT2D eigenvalue weighted by molar-refractivity contribution is 7.91. The number of rotatable bonds is 4. The fourth-order valence-electron chi connectivity index (χ4n) is 3.19. The molecule has 1 amide bonds. The van der Waals surface area contributed by atoms with Crippen molar-refractivity contribution in [3.8, 4) is 0 Å². The average molecular weight is 337 g/mol. The first-order chi connectivity index (χ1) is 11.0. The van der Waals surface area contributed by atoms with E-state index in [4.69, 9.17) is 0 Å². The van der Waals surface area contributed by atoms with Crippen molar-refractivity contribution >= 4 is 21.4 Å². The summed E-state index contributed by atoms with van der Waals surface area (Å²) in [7, 11) is -2.95. The van der Waals surface area contributed by atoms with Crippen LogP contribution in [0.15, 0.2) is 30.3 Å². The predicted molar refractivity (Wildman–Crippen MR) is 90.3 cm³/mol.